The third-order valence-corrected chi connectivity index (χ3v) is 16.9. The van der Waals surface area contributed by atoms with Crippen molar-refractivity contribution >= 4 is 0 Å². The van der Waals surface area contributed by atoms with E-state index in [9.17, 15) is 0 Å². The molecule has 16 rings (SSSR count). The summed E-state index contributed by atoms with van der Waals surface area (Å²) in [5, 5.41) is 0. The lowest BCUT2D eigenvalue weighted by atomic mass is 9.59. The Hall–Kier alpha value is -5.44. The zero-order valence-corrected chi connectivity index (χ0v) is 35.1. The highest BCUT2D eigenvalue weighted by Crippen LogP contribution is 2.50. The monoisotopic (exact) mass is 772 g/mol. The van der Waals surface area contributed by atoms with Gasteiger partial charge in [0.05, 0.1) is 0 Å². The molecule has 0 aliphatic heterocycles. The average molecular weight is 773 g/mol. The van der Waals surface area contributed by atoms with Crippen LogP contribution in [0.5, 0.6) is 0 Å². The van der Waals surface area contributed by atoms with Crippen molar-refractivity contribution < 1.29 is 0 Å². The van der Waals surface area contributed by atoms with E-state index in [1.165, 1.54) is 173 Å². The van der Waals surface area contributed by atoms with Crippen LogP contribution in [0.1, 0.15) is 128 Å². The van der Waals surface area contributed by atoms with Gasteiger partial charge in [0.2, 0.25) is 0 Å². The van der Waals surface area contributed by atoms with E-state index in [0.29, 0.717) is 59.2 Å². The van der Waals surface area contributed by atoms with Crippen LogP contribution in [0.3, 0.4) is 0 Å². The highest BCUT2D eigenvalue weighted by molar-refractivity contribution is 5.58. The lowest BCUT2D eigenvalue weighted by Gasteiger charge is -2.44. The van der Waals surface area contributed by atoms with E-state index < -0.39 is 0 Å². The quantitative estimate of drug-likeness (QED) is 0.215. The molecule has 16 aliphatic carbocycles. The number of fused-ring (bicyclic) bond motifs is 10. The highest BCUT2D eigenvalue weighted by atomic mass is 14.5. The minimum Gasteiger partial charge on any atom is -0.0841 e. The Kier molecular flexibility index (Phi) is 10.4. The van der Waals surface area contributed by atoms with Crippen molar-refractivity contribution in [2.45, 2.75) is 128 Å². The Morgan fingerprint density at radius 1 is 0.200 bits per heavy atom. The zero-order valence-electron chi connectivity index (χ0n) is 35.1. The third kappa shape index (κ3) is 7.17. The molecule has 60 heavy (non-hydrogen) atoms. The van der Waals surface area contributed by atoms with E-state index in [4.69, 9.17) is 0 Å². The Morgan fingerprint density at radius 2 is 0.367 bits per heavy atom. The number of rotatable bonds is 0. The molecule has 7 saturated carbocycles. The van der Waals surface area contributed by atoms with Crippen molar-refractivity contribution in [2.24, 2.45) is 71.0 Å². The van der Waals surface area contributed by atoms with Gasteiger partial charge >= 0.3 is 0 Å². The fraction of sp³-hybridized carbons (Fsp3) is 0.533. The molecule has 2 unspecified atom stereocenters. The summed E-state index contributed by atoms with van der Waals surface area (Å²) >= 11 is 0. The first-order valence-corrected chi connectivity index (χ1v) is 23.8. The molecule has 2 atom stereocenters. The van der Waals surface area contributed by atoms with E-state index in [1.54, 1.807) is 0 Å². The molecule has 0 heteroatoms. The predicted molar refractivity (Wildman–Crippen MR) is 240 cm³/mol. The molecule has 0 spiro atoms. The molecule has 0 amide bonds. The molecule has 0 radical (unpaired) electrons. The number of allylic oxidation sites excluding steroid dienone is 8. The molecule has 292 valence electrons. The van der Waals surface area contributed by atoms with E-state index in [-0.39, 0.29) is 11.8 Å². The SMILES string of the molecule is C1#CC2=C(C#CC#CC3=C(C#CC#CC4C5CCC(CC5)C4C#CC#CC4=C(C#CC#CC5=C(C#C1)C1CCC5CC1)C1CCC4CC1)C1CCC3CC1)C1CCC2CC1. The molecular formula is C60H52. The number of hydrogen-bond acceptors (Lipinski definition) is 0. The predicted octanol–water partition coefficient (Wildman–Crippen LogP) is 10.6. The Labute approximate surface area is 360 Å². The van der Waals surface area contributed by atoms with Gasteiger partial charge in [0.1, 0.15) is 0 Å². The van der Waals surface area contributed by atoms with Gasteiger partial charge in [0, 0.05) is 56.4 Å². The average Bonchev–Trinajstić information content (AvgIpc) is 3.31. The van der Waals surface area contributed by atoms with Gasteiger partial charge in [0.15, 0.2) is 0 Å². The first kappa shape index (κ1) is 37.6. The maximum absolute atomic E-state index is 3.68. The molecule has 0 aromatic heterocycles. The highest BCUT2D eigenvalue weighted by Gasteiger charge is 2.42. The summed E-state index contributed by atoms with van der Waals surface area (Å²) in [5.74, 6) is 75.1. The fourth-order valence-electron chi connectivity index (χ4n) is 13.7. The van der Waals surface area contributed by atoms with Crippen molar-refractivity contribution in [3.05, 3.63) is 44.6 Å². The zero-order chi connectivity index (χ0) is 39.8. The van der Waals surface area contributed by atoms with Gasteiger partial charge in [-0.3, -0.25) is 0 Å². The summed E-state index contributed by atoms with van der Waals surface area (Å²) in [7, 11) is 0. The summed E-state index contributed by atoms with van der Waals surface area (Å²) in [5.41, 5.74) is 9.86. The maximum Gasteiger partial charge on any atom is 0.0382 e. The first-order valence-electron chi connectivity index (χ1n) is 23.8. The normalized spacial score (nSPS) is 37.1. The Balaban J connectivity index is 1.01. The van der Waals surface area contributed by atoms with Crippen LogP contribution in [0.25, 0.3) is 0 Å². The molecule has 0 saturated heterocycles. The van der Waals surface area contributed by atoms with Gasteiger partial charge in [-0.2, -0.15) is 0 Å². The van der Waals surface area contributed by atoms with Gasteiger partial charge in [-0.1, -0.05) is 59.2 Å². The molecule has 0 N–H and O–H groups in total. The maximum atomic E-state index is 3.68. The second-order valence-electron chi connectivity index (χ2n) is 19.8. The summed E-state index contributed by atoms with van der Waals surface area (Å²) < 4.78 is 0. The van der Waals surface area contributed by atoms with E-state index in [1.807, 2.05) is 0 Å². The minimum absolute atomic E-state index is 0.276. The van der Waals surface area contributed by atoms with Gasteiger partial charge in [-0.15, -0.1) is 0 Å². The second-order valence-corrected chi connectivity index (χ2v) is 19.8. The summed E-state index contributed by atoms with van der Waals surface area (Å²) in [6, 6.07) is 0. The fourth-order valence-corrected chi connectivity index (χ4v) is 13.7. The van der Waals surface area contributed by atoms with Crippen LogP contribution in [0, 0.1) is 189 Å². The van der Waals surface area contributed by atoms with Crippen LogP contribution in [-0.4, -0.2) is 0 Å². The second kappa shape index (κ2) is 16.5. The van der Waals surface area contributed by atoms with Crippen LogP contribution < -0.4 is 0 Å². The van der Waals surface area contributed by atoms with E-state index in [2.05, 4.69) is 118 Å². The Bertz CT molecular complexity index is 2470. The number of hydrogen-bond donors (Lipinski definition) is 0. The van der Waals surface area contributed by atoms with Crippen LogP contribution >= 0.6 is 0 Å². The molecule has 0 heterocycles. The lowest BCUT2D eigenvalue weighted by Crippen LogP contribution is -2.38. The topological polar surface area (TPSA) is 0 Å². The van der Waals surface area contributed by atoms with Crippen molar-refractivity contribution in [1.82, 2.24) is 0 Å². The van der Waals surface area contributed by atoms with Crippen molar-refractivity contribution in [3.63, 3.8) is 0 Å². The largest absolute Gasteiger partial charge is 0.0841 e. The molecule has 16 aliphatic rings. The Morgan fingerprint density at radius 3 is 0.550 bits per heavy atom. The summed E-state index contributed by atoms with van der Waals surface area (Å²) in [4.78, 5) is 0. The molecule has 10 bridgehead atoms. The van der Waals surface area contributed by atoms with Gasteiger partial charge in [0.25, 0.3) is 0 Å². The standard InChI is InChI=1S/C60H52/c1-2-12-52-42-25-27-44(28-26-42)54(52)14-5-6-16-56-46-33-35-48(36-34-46)58(56)18-9-10-20-60-50-39-37-49(38-40-50)59(60)19-8-7-17-57-47-31-29-45(30-32-47)55(57)15-4-3-13-53-43-23-21-41(22-24-43)51(53)11-1/h41-51,53H,21-40H2. The summed E-state index contributed by atoms with van der Waals surface area (Å²) in [6.45, 7) is 0. The molecule has 0 aromatic carbocycles. The third-order valence-electron chi connectivity index (χ3n) is 16.9. The van der Waals surface area contributed by atoms with Crippen molar-refractivity contribution in [2.75, 3.05) is 0 Å². The van der Waals surface area contributed by atoms with Crippen LogP contribution in [0.2, 0.25) is 0 Å². The van der Waals surface area contributed by atoms with E-state index >= 15 is 0 Å². The van der Waals surface area contributed by atoms with Crippen molar-refractivity contribution in [3.8, 4) is 118 Å². The van der Waals surface area contributed by atoms with Crippen LogP contribution in [-0.2, 0) is 0 Å². The summed E-state index contributed by atoms with van der Waals surface area (Å²) in [6.07, 6.45) is 24.4. The van der Waals surface area contributed by atoms with Gasteiger partial charge < -0.3 is 0 Å². The molecule has 7 fully saturated rings. The lowest BCUT2D eigenvalue weighted by molar-refractivity contribution is 0.0899. The smallest absolute Gasteiger partial charge is 0.0382 e. The van der Waals surface area contributed by atoms with Gasteiger partial charge in [-0.25, -0.2) is 0 Å². The minimum atomic E-state index is 0.276. The molecule has 0 aromatic rings. The van der Waals surface area contributed by atoms with E-state index in [0.717, 1.165) is 0 Å². The van der Waals surface area contributed by atoms with Gasteiger partial charge in [-0.05, 0) is 247 Å². The van der Waals surface area contributed by atoms with Crippen LogP contribution in [0.4, 0.5) is 0 Å². The molecular weight excluding hydrogens is 721 g/mol. The first-order chi connectivity index (χ1) is 29.7. The van der Waals surface area contributed by atoms with Crippen LogP contribution in [0.15, 0.2) is 44.6 Å². The van der Waals surface area contributed by atoms with Crippen molar-refractivity contribution in [1.29, 1.82) is 0 Å². The molecule has 0 nitrogen and oxygen atoms in total.